The highest BCUT2D eigenvalue weighted by atomic mass is 35.5. The summed E-state index contributed by atoms with van der Waals surface area (Å²) in [4.78, 5) is 12.2. The molecular formula is C19H14Cl2N2O. The molecule has 24 heavy (non-hydrogen) atoms. The Morgan fingerprint density at radius 2 is 1.71 bits per heavy atom. The van der Waals surface area contributed by atoms with Gasteiger partial charge in [0.15, 0.2) is 5.78 Å². The Morgan fingerprint density at radius 1 is 1.04 bits per heavy atom. The summed E-state index contributed by atoms with van der Waals surface area (Å²) in [7, 11) is 0. The smallest absolute Gasteiger partial charge is 0.185 e. The van der Waals surface area contributed by atoms with Crippen LogP contribution >= 0.6 is 23.2 Å². The number of benzene rings is 2. The Balaban J connectivity index is 1.89. The van der Waals surface area contributed by atoms with Crippen molar-refractivity contribution in [1.29, 1.82) is 0 Å². The lowest BCUT2D eigenvalue weighted by Crippen LogP contribution is -1.95. The SMILES string of the molecule is Cc1nn(-c2ccccc2)c(Cl)c1C=CC(=O)c1ccc(Cl)cc1. The van der Waals surface area contributed by atoms with Crippen molar-refractivity contribution in [3.63, 3.8) is 0 Å². The van der Waals surface area contributed by atoms with E-state index in [9.17, 15) is 4.79 Å². The minimum Gasteiger partial charge on any atom is -0.289 e. The molecule has 0 radical (unpaired) electrons. The molecule has 0 atom stereocenters. The maximum absolute atomic E-state index is 12.2. The molecule has 1 aromatic heterocycles. The van der Waals surface area contributed by atoms with Crippen LogP contribution in [0.2, 0.25) is 10.2 Å². The van der Waals surface area contributed by atoms with Gasteiger partial charge in [0.2, 0.25) is 0 Å². The van der Waals surface area contributed by atoms with Crippen molar-refractivity contribution in [2.45, 2.75) is 6.92 Å². The molecule has 0 fully saturated rings. The number of nitrogens with zero attached hydrogens (tertiary/aromatic N) is 2. The molecule has 0 aliphatic heterocycles. The number of aryl methyl sites for hydroxylation is 1. The van der Waals surface area contributed by atoms with Crippen LogP contribution in [0.1, 0.15) is 21.6 Å². The first kappa shape index (κ1) is 16.5. The molecule has 3 nitrogen and oxygen atoms in total. The molecule has 5 heteroatoms. The number of ketones is 1. The van der Waals surface area contributed by atoms with E-state index in [4.69, 9.17) is 23.2 Å². The Bertz CT molecular complexity index is 897. The highest BCUT2D eigenvalue weighted by Crippen LogP contribution is 2.24. The van der Waals surface area contributed by atoms with E-state index in [1.54, 1.807) is 35.0 Å². The van der Waals surface area contributed by atoms with Gasteiger partial charge in [-0.05, 0) is 55.5 Å². The van der Waals surface area contributed by atoms with Crippen molar-refractivity contribution < 1.29 is 4.79 Å². The van der Waals surface area contributed by atoms with Crippen LogP contribution in [-0.2, 0) is 0 Å². The van der Waals surface area contributed by atoms with E-state index in [1.165, 1.54) is 6.08 Å². The van der Waals surface area contributed by atoms with Crippen molar-refractivity contribution in [2.24, 2.45) is 0 Å². The highest BCUT2D eigenvalue weighted by molar-refractivity contribution is 6.31. The van der Waals surface area contributed by atoms with Crippen LogP contribution in [0.15, 0.2) is 60.7 Å². The highest BCUT2D eigenvalue weighted by Gasteiger charge is 2.12. The average molecular weight is 357 g/mol. The zero-order valence-electron chi connectivity index (χ0n) is 12.9. The van der Waals surface area contributed by atoms with E-state index in [0.717, 1.165) is 16.9 Å². The van der Waals surface area contributed by atoms with Gasteiger partial charge < -0.3 is 0 Å². The molecule has 0 bridgehead atoms. The Hall–Kier alpha value is -2.36. The lowest BCUT2D eigenvalue weighted by atomic mass is 10.1. The van der Waals surface area contributed by atoms with E-state index >= 15 is 0 Å². The summed E-state index contributed by atoms with van der Waals surface area (Å²) in [5, 5.41) is 5.51. The molecule has 0 aliphatic rings. The van der Waals surface area contributed by atoms with Gasteiger partial charge in [-0.2, -0.15) is 5.10 Å². The molecule has 0 amide bonds. The molecule has 0 N–H and O–H groups in total. The fourth-order valence-electron chi connectivity index (χ4n) is 2.31. The Morgan fingerprint density at radius 3 is 2.38 bits per heavy atom. The Labute approximate surface area is 150 Å². The van der Waals surface area contributed by atoms with Gasteiger partial charge in [0.25, 0.3) is 0 Å². The predicted octanol–water partition coefficient (Wildman–Crippen LogP) is 5.38. The number of para-hydroxylation sites is 1. The van der Waals surface area contributed by atoms with E-state index in [0.29, 0.717) is 15.7 Å². The summed E-state index contributed by atoms with van der Waals surface area (Å²) in [5.41, 5.74) is 2.92. The molecule has 0 aliphatic carbocycles. The van der Waals surface area contributed by atoms with Crippen molar-refractivity contribution in [3.05, 3.63) is 87.7 Å². The van der Waals surface area contributed by atoms with Crippen LogP contribution < -0.4 is 0 Å². The molecular weight excluding hydrogens is 343 g/mol. The molecule has 0 saturated heterocycles. The summed E-state index contributed by atoms with van der Waals surface area (Å²) in [6.07, 6.45) is 3.19. The van der Waals surface area contributed by atoms with Crippen molar-refractivity contribution in [3.8, 4) is 5.69 Å². The average Bonchev–Trinajstić information content (AvgIpc) is 2.88. The van der Waals surface area contributed by atoms with Crippen molar-refractivity contribution in [2.75, 3.05) is 0 Å². The first-order chi connectivity index (χ1) is 11.6. The molecule has 0 saturated carbocycles. The maximum Gasteiger partial charge on any atom is 0.185 e. The van der Waals surface area contributed by atoms with E-state index < -0.39 is 0 Å². The van der Waals surface area contributed by atoms with Crippen LogP contribution in [0, 0.1) is 6.92 Å². The third-order valence-corrected chi connectivity index (χ3v) is 4.19. The first-order valence-corrected chi connectivity index (χ1v) is 8.10. The van der Waals surface area contributed by atoms with Crippen molar-refractivity contribution >= 4 is 35.1 Å². The second-order valence-electron chi connectivity index (χ2n) is 5.24. The fraction of sp³-hybridized carbons (Fsp3) is 0.0526. The van der Waals surface area contributed by atoms with Crippen LogP contribution in [0.25, 0.3) is 11.8 Å². The van der Waals surface area contributed by atoms with E-state index in [1.807, 2.05) is 37.3 Å². The summed E-state index contributed by atoms with van der Waals surface area (Å²) >= 11 is 12.3. The van der Waals surface area contributed by atoms with Gasteiger partial charge in [-0.3, -0.25) is 4.79 Å². The van der Waals surface area contributed by atoms with Gasteiger partial charge in [0.1, 0.15) is 5.15 Å². The molecule has 0 unspecified atom stereocenters. The van der Waals surface area contributed by atoms with Gasteiger partial charge in [-0.1, -0.05) is 41.4 Å². The van der Waals surface area contributed by atoms with Crippen LogP contribution in [0.4, 0.5) is 0 Å². The van der Waals surface area contributed by atoms with Crippen LogP contribution in [0.3, 0.4) is 0 Å². The third kappa shape index (κ3) is 3.42. The standard InChI is InChI=1S/C19H14Cl2N2O/c1-13-17(11-12-18(24)14-7-9-15(20)10-8-14)19(21)23(22-13)16-5-3-2-4-6-16/h2-12H,1H3. The minimum atomic E-state index is -0.116. The van der Waals surface area contributed by atoms with E-state index in [-0.39, 0.29) is 5.78 Å². The normalized spacial score (nSPS) is 11.1. The monoisotopic (exact) mass is 356 g/mol. The maximum atomic E-state index is 12.2. The summed E-state index contributed by atoms with van der Waals surface area (Å²) in [5.74, 6) is -0.116. The number of rotatable bonds is 4. The molecule has 2 aromatic carbocycles. The van der Waals surface area contributed by atoms with Crippen LogP contribution in [-0.4, -0.2) is 15.6 Å². The number of hydrogen-bond acceptors (Lipinski definition) is 2. The van der Waals surface area contributed by atoms with Crippen LogP contribution in [0.5, 0.6) is 0 Å². The zero-order valence-corrected chi connectivity index (χ0v) is 14.4. The van der Waals surface area contributed by atoms with Gasteiger partial charge in [-0.15, -0.1) is 0 Å². The van der Waals surface area contributed by atoms with E-state index in [2.05, 4.69) is 5.10 Å². The van der Waals surface area contributed by atoms with Gasteiger partial charge >= 0.3 is 0 Å². The number of aromatic nitrogens is 2. The Kier molecular flexibility index (Phi) is 4.84. The predicted molar refractivity (Wildman–Crippen MR) is 98.1 cm³/mol. The number of halogens is 2. The topological polar surface area (TPSA) is 34.9 Å². The largest absolute Gasteiger partial charge is 0.289 e. The fourth-order valence-corrected chi connectivity index (χ4v) is 2.77. The summed E-state index contributed by atoms with van der Waals surface area (Å²) in [6, 6.07) is 16.4. The van der Waals surface area contributed by atoms with Gasteiger partial charge in [0.05, 0.1) is 11.4 Å². The number of allylic oxidation sites excluding steroid dienone is 1. The number of carbonyl (C=O) groups excluding carboxylic acids is 1. The summed E-state index contributed by atoms with van der Waals surface area (Å²) < 4.78 is 1.66. The second-order valence-corrected chi connectivity index (χ2v) is 6.04. The lowest BCUT2D eigenvalue weighted by molar-refractivity contribution is 0.104. The van der Waals surface area contributed by atoms with Gasteiger partial charge in [-0.25, -0.2) is 4.68 Å². The van der Waals surface area contributed by atoms with Crippen molar-refractivity contribution in [1.82, 2.24) is 9.78 Å². The minimum absolute atomic E-state index is 0.116. The second kappa shape index (κ2) is 7.04. The zero-order chi connectivity index (χ0) is 17.1. The molecule has 3 rings (SSSR count). The van der Waals surface area contributed by atoms with Gasteiger partial charge in [0, 0.05) is 16.1 Å². The number of hydrogen-bond donors (Lipinski definition) is 0. The third-order valence-electron chi connectivity index (χ3n) is 3.58. The quantitative estimate of drug-likeness (QED) is 0.464. The molecule has 3 aromatic rings. The first-order valence-electron chi connectivity index (χ1n) is 7.35. The number of carbonyl (C=O) groups is 1. The summed E-state index contributed by atoms with van der Waals surface area (Å²) in [6.45, 7) is 1.86. The molecule has 120 valence electrons. The molecule has 1 heterocycles. The lowest BCUT2D eigenvalue weighted by Gasteiger charge is -2.02. The molecule has 0 spiro atoms.